The van der Waals surface area contributed by atoms with Crippen molar-refractivity contribution in [3.05, 3.63) is 67.7 Å². The van der Waals surface area contributed by atoms with E-state index >= 15 is 0 Å². The van der Waals surface area contributed by atoms with Crippen LogP contribution in [0.3, 0.4) is 0 Å². The number of benzene rings is 1. The van der Waals surface area contributed by atoms with Gasteiger partial charge in [-0.2, -0.15) is 0 Å². The van der Waals surface area contributed by atoms with Crippen molar-refractivity contribution < 1.29 is 9.72 Å². The van der Waals surface area contributed by atoms with Crippen molar-refractivity contribution in [2.24, 2.45) is 5.92 Å². The molecule has 0 saturated heterocycles. The molecule has 3 rings (SSSR count). The molecule has 0 aliphatic heterocycles. The van der Waals surface area contributed by atoms with Crippen LogP contribution in [0.1, 0.15) is 36.1 Å². The average molecular weight is 465 g/mol. The second kappa shape index (κ2) is 7.36. The van der Waals surface area contributed by atoms with E-state index in [1.165, 1.54) is 18.2 Å². The third-order valence-corrected chi connectivity index (χ3v) is 4.87. The van der Waals surface area contributed by atoms with Crippen molar-refractivity contribution in [1.29, 1.82) is 0 Å². The summed E-state index contributed by atoms with van der Waals surface area (Å²) < 4.78 is 2.36. The maximum atomic E-state index is 12.7. The second-order valence-corrected chi connectivity index (χ2v) is 7.27. The smallest absolute Gasteiger partial charge is 0.270 e. The van der Waals surface area contributed by atoms with E-state index in [0.29, 0.717) is 20.6 Å². The lowest BCUT2D eigenvalue weighted by molar-refractivity contribution is -0.384. The number of fused-ring (bicyclic) bond motifs is 1. The molecule has 1 N–H and O–H groups in total. The number of nitro benzene ring substituents is 1. The Morgan fingerprint density at radius 3 is 2.69 bits per heavy atom. The Labute approximate surface area is 162 Å². The lowest BCUT2D eigenvalue weighted by Crippen LogP contribution is -2.33. The van der Waals surface area contributed by atoms with Crippen molar-refractivity contribution in [2.75, 3.05) is 0 Å². The zero-order valence-corrected chi connectivity index (χ0v) is 16.2. The Bertz CT molecular complexity index is 985. The molecule has 2 heterocycles. The van der Waals surface area contributed by atoms with Gasteiger partial charge in [0.2, 0.25) is 0 Å². The topological polar surface area (TPSA) is 102 Å². The molecule has 0 fully saturated rings. The fourth-order valence-corrected chi connectivity index (χ4v) is 3.37. The van der Waals surface area contributed by atoms with Crippen LogP contribution in [-0.4, -0.2) is 25.4 Å². The Kier molecular flexibility index (Phi) is 5.16. The molecule has 1 unspecified atom stereocenters. The third kappa shape index (κ3) is 3.52. The number of pyridine rings is 1. The van der Waals surface area contributed by atoms with Gasteiger partial charge in [-0.3, -0.25) is 19.3 Å². The molecule has 0 bridgehead atoms. The summed E-state index contributed by atoms with van der Waals surface area (Å²) in [7, 11) is 0. The molecular weight excluding hydrogens is 449 g/mol. The number of non-ortho nitro benzene ring substituents is 1. The van der Waals surface area contributed by atoms with Crippen LogP contribution in [0.15, 0.2) is 42.6 Å². The van der Waals surface area contributed by atoms with Gasteiger partial charge < -0.3 is 5.32 Å². The standard InChI is InChI=1S/C17H16IN5O3/c1-10(2)15(16-21-20-14-5-3-4-8-22(14)16)19-17(24)12-7-6-11(23(25)26)9-13(12)18/h3-10,15H,1-2H3,(H,19,24). The van der Waals surface area contributed by atoms with E-state index in [9.17, 15) is 14.9 Å². The molecular formula is C17H16IN5O3. The second-order valence-electron chi connectivity index (χ2n) is 6.10. The van der Waals surface area contributed by atoms with Crippen LogP contribution in [0, 0.1) is 19.6 Å². The van der Waals surface area contributed by atoms with Crippen LogP contribution in [0.2, 0.25) is 0 Å². The summed E-state index contributed by atoms with van der Waals surface area (Å²) in [6.07, 6.45) is 1.85. The van der Waals surface area contributed by atoms with Crippen LogP contribution in [0.4, 0.5) is 5.69 Å². The highest BCUT2D eigenvalue weighted by molar-refractivity contribution is 14.1. The van der Waals surface area contributed by atoms with Crippen molar-refractivity contribution in [3.8, 4) is 0 Å². The molecule has 0 aliphatic rings. The fourth-order valence-electron chi connectivity index (χ4n) is 2.62. The number of halogens is 1. The summed E-state index contributed by atoms with van der Waals surface area (Å²) in [6.45, 7) is 3.96. The average Bonchev–Trinajstić information content (AvgIpc) is 3.02. The van der Waals surface area contributed by atoms with Gasteiger partial charge in [0.05, 0.1) is 16.5 Å². The van der Waals surface area contributed by atoms with Crippen LogP contribution >= 0.6 is 22.6 Å². The summed E-state index contributed by atoms with van der Waals surface area (Å²) in [6, 6.07) is 9.41. The van der Waals surface area contributed by atoms with Crippen molar-refractivity contribution >= 4 is 39.8 Å². The Hall–Kier alpha value is -2.56. The van der Waals surface area contributed by atoms with Gasteiger partial charge in [-0.15, -0.1) is 10.2 Å². The minimum absolute atomic E-state index is 0.0465. The molecule has 0 spiro atoms. The Morgan fingerprint density at radius 1 is 1.27 bits per heavy atom. The highest BCUT2D eigenvalue weighted by Gasteiger charge is 2.25. The Morgan fingerprint density at radius 2 is 2.04 bits per heavy atom. The zero-order valence-electron chi connectivity index (χ0n) is 14.1. The van der Waals surface area contributed by atoms with Gasteiger partial charge in [0.1, 0.15) is 0 Å². The number of nitro groups is 1. The van der Waals surface area contributed by atoms with Crippen LogP contribution in [-0.2, 0) is 0 Å². The number of hydrogen-bond donors (Lipinski definition) is 1. The van der Waals surface area contributed by atoms with E-state index in [-0.39, 0.29) is 23.6 Å². The number of nitrogens with zero attached hydrogens (tertiary/aromatic N) is 4. The summed E-state index contributed by atoms with van der Waals surface area (Å²) in [5.41, 5.74) is 1.04. The first kappa shape index (κ1) is 18.2. The zero-order chi connectivity index (χ0) is 18.8. The predicted octanol–water partition coefficient (Wildman–Crippen LogP) is 3.37. The van der Waals surface area contributed by atoms with Gasteiger partial charge in [-0.05, 0) is 46.7 Å². The predicted molar refractivity (Wildman–Crippen MR) is 104 cm³/mol. The number of nitrogens with one attached hydrogen (secondary N) is 1. The molecule has 9 heteroatoms. The molecule has 2 aromatic heterocycles. The number of hydrogen-bond acceptors (Lipinski definition) is 5. The summed E-state index contributed by atoms with van der Waals surface area (Å²) in [5.74, 6) is 0.402. The number of amides is 1. The van der Waals surface area contributed by atoms with Gasteiger partial charge in [-0.1, -0.05) is 19.9 Å². The van der Waals surface area contributed by atoms with E-state index in [0.717, 1.165) is 0 Å². The van der Waals surface area contributed by atoms with Crippen LogP contribution in [0.25, 0.3) is 5.65 Å². The lowest BCUT2D eigenvalue weighted by Gasteiger charge is -2.21. The first-order valence-corrected chi connectivity index (χ1v) is 9.01. The molecule has 134 valence electrons. The minimum Gasteiger partial charge on any atom is -0.342 e. The molecule has 1 atom stereocenters. The monoisotopic (exact) mass is 465 g/mol. The maximum Gasteiger partial charge on any atom is 0.270 e. The summed E-state index contributed by atoms with van der Waals surface area (Å²) >= 11 is 1.93. The van der Waals surface area contributed by atoms with Crippen molar-refractivity contribution in [1.82, 2.24) is 19.9 Å². The SMILES string of the molecule is CC(C)C(NC(=O)c1ccc([N+](=O)[O-])cc1I)c1nnc2ccccn12. The maximum absolute atomic E-state index is 12.7. The van der Waals surface area contributed by atoms with Crippen molar-refractivity contribution in [2.45, 2.75) is 19.9 Å². The highest BCUT2D eigenvalue weighted by atomic mass is 127. The molecule has 0 aliphatic carbocycles. The van der Waals surface area contributed by atoms with Crippen LogP contribution in [0.5, 0.6) is 0 Å². The number of aromatic nitrogens is 3. The molecule has 0 radical (unpaired) electrons. The fraction of sp³-hybridized carbons (Fsp3) is 0.235. The number of rotatable bonds is 5. The van der Waals surface area contributed by atoms with E-state index < -0.39 is 4.92 Å². The van der Waals surface area contributed by atoms with Gasteiger partial charge in [0.15, 0.2) is 11.5 Å². The van der Waals surface area contributed by atoms with Gasteiger partial charge in [0.25, 0.3) is 11.6 Å². The van der Waals surface area contributed by atoms with Gasteiger partial charge in [0, 0.05) is 21.9 Å². The summed E-state index contributed by atoms with van der Waals surface area (Å²) in [4.78, 5) is 23.1. The van der Waals surface area contributed by atoms with E-state index in [2.05, 4.69) is 15.5 Å². The molecule has 3 aromatic rings. The summed E-state index contributed by atoms with van der Waals surface area (Å²) in [5, 5.41) is 22.2. The molecule has 1 aromatic carbocycles. The van der Waals surface area contributed by atoms with E-state index in [1.807, 2.05) is 65.2 Å². The van der Waals surface area contributed by atoms with Crippen molar-refractivity contribution in [3.63, 3.8) is 0 Å². The molecule has 0 saturated carbocycles. The third-order valence-electron chi connectivity index (χ3n) is 3.98. The lowest BCUT2D eigenvalue weighted by atomic mass is 10.0. The van der Waals surface area contributed by atoms with Gasteiger partial charge in [-0.25, -0.2) is 0 Å². The minimum atomic E-state index is -0.483. The van der Waals surface area contributed by atoms with E-state index in [4.69, 9.17) is 0 Å². The number of carbonyl (C=O) groups excluding carboxylic acids is 1. The first-order chi connectivity index (χ1) is 12.4. The largest absolute Gasteiger partial charge is 0.342 e. The molecule has 8 nitrogen and oxygen atoms in total. The normalized spacial score (nSPS) is 12.3. The van der Waals surface area contributed by atoms with E-state index in [1.54, 1.807) is 0 Å². The van der Waals surface area contributed by atoms with Crippen LogP contribution < -0.4 is 5.32 Å². The Balaban J connectivity index is 1.91. The molecule has 1 amide bonds. The number of carbonyl (C=O) groups is 1. The molecule has 26 heavy (non-hydrogen) atoms. The van der Waals surface area contributed by atoms with Gasteiger partial charge >= 0.3 is 0 Å². The highest BCUT2D eigenvalue weighted by Crippen LogP contribution is 2.24. The quantitative estimate of drug-likeness (QED) is 0.354. The first-order valence-electron chi connectivity index (χ1n) is 7.93.